The Morgan fingerprint density at radius 3 is 2.74 bits per heavy atom. The summed E-state index contributed by atoms with van der Waals surface area (Å²) in [5.74, 6) is -2.89. The molecule has 0 bridgehead atoms. The standard InChI is InChI=1S/C13H17F3N2O/c1-17-6-10-8-18(2-3-19-10)7-9-4-12(15)13(16)5-11(9)14/h4-5,10,17H,2-3,6-8H2,1H3. The van der Waals surface area contributed by atoms with Gasteiger partial charge in [0.25, 0.3) is 0 Å². The summed E-state index contributed by atoms with van der Waals surface area (Å²) in [4.78, 5) is 1.97. The molecule has 1 aliphatic heterocycles. The van der Waals surface area contributed by atoms with Crippen LogP contribution in [0.3, 0.4) is 0 Å². The van der Waals surface area contributed by atoms with E-state index < -0.39 is 17.5 Å². The summed E-state index contributed by atoms with van der Waals surface area (Å²) >= 11 is 0. The van der Waals surface area contributed by atoms with E-state index in [0.29, 0.717) is 32.3 Å². The van der Waals surface area contributed by atoms with Crippen LogP contribution in [0.2, 0.25) is 0 Å². The minimum absolute atomic E-state index is 0.0344. The lowest BCUT2D eigenvalue weighted by molar-refractivity contribution is -0.0294. The zero-order chi connectivity index (χ0) is 13.8. The van der Waals surface area contributed by atoms with E-state index in [9.17, 15) is 13.2 Å². The Morgan fingerprint density at radius 1 is 1.26 bits per heavy atom. The second-order valence-electron chi connectivity index (χ2n) is 4.64. The van der Waals surface area contributed by atoms with Gasteiger partial charge < -0.3 is 10.1 Å². The maximum atomic E-state index is 13.6. The van der Waals surface area contributed by atoms with Crippen molar-refractivity contribution >= 4 is 0 Å². The highest BCUT2D eigenvalue weighted by Gasteiger charge is 2.21. The molecular weight excluding hydrogens is 257 g/mol. The van der Waals surface area contributed by atoms with E-state index >= 15 is 0 Å². The van der Waals surface area contributed by atoms with Crippen LogP contribution in [0.1, 0.15) is 5.56 Å². The molecule has 1 saturated heterocycles. The quantitative estimate of drug-likeness (QED) is 0.843. The Balaban J connectivity index is 2.02. The fourth-order valence-electron chi connectivity index (χ4n) is 2.20. The first-order chi connectivity index (χ1) is 9.10. The molecule has 1 N–H and O–H groups in total. The largest absolute Gasteiger partial charge is 0.374 e. The van der Waals surface area contributed by atoms with Gasteiger partial charge in [-0.05, 0) is 13.1 Å². The van der Waals surface area contributed by atoms with Gasteiger partial charge in [0.2, 0.25) is 0 Å². The molecule has 1 aliphatic rings. The number of rotatable bonds is 4. The number of benzene rings is 1. The third kappa shape index (κ3) is 3.68. The molecule has 1 atom stereocenters. The maximum absolute atomic E-state index is 13.6. The number of nitrogens with zero attached hydrogens (tertiary/aromatic N) is 1. The van der Waals surface area contributed by atoms with Crippen molar-refractivity contribution in [2.24, 2.45) is 0 Å². The molecule has 0 saturated carbocycles. The second kappa shape index (κ2) is 6.36. The summed E-state index contributed by atoms with van der Waals surface area (Å²) in [6.45, 7) is 2.80. The fourth-order valence-corrected chi connectivity index (χ4v) is 2.20. The van der Waals surface area contributed by atoms with Gasteiger partial charge in [-0.15, -0.1) is 0 Å². The van der Waals surface area contributed by atoms with Gasteiger partial charge in [0.15, 0.2) is 11.6 Å². The number of ether oxygens (including phenoxy) is 1. The van der Waals surface area contributed by atoms with E-state index in [-0.39, 0.29) is 18.2 Å². The monoisotopic (exact) mass is 274 g/mol. The first-order valence-corrected chi connectivity index (χ1v) is 6.22. The highest BCUT2D eigenvalue weighted by Crippen LogP contribution is 2.17. The van der Waals surface area contributed by atoms with E-state index in [4.69, 9.17) is 4.74 Å². The minimum atomic E-state index is -1.16. The van der Waals surface area contributed by atoms with Crippen molar-refractivity contribution < 1.29 is 17.9 Å². The first kappa shape index (κ1) is 14.3. The molecular formula is C13H17F3N2O. The van der Waals surface area contributed by atoms with Crippen molar-refractivity contribution in [3.63, 3.8) is 0 Å². The van der Waals surface area contributed by atoms with Gasteiger partial charge in [0.1, 0.15) is 5.82 Å². The Kier molecular flexibility index (Phi) is 4.79. The van der Waals surface area contributed by atoms with Crippen LogP contribution >= 0.6 is 0 Å². The smallest absolute Gasteiger partial charge is 0.161 e. The van der Waals surface area contributed by atoms with Crippen LogP contribution in [0.25, 0.3) is 0 Å². The van der Waals surface area contributed by atoms with Gasteiger partial charge in [0, 0.05) is 37.8 Å². The lowest BCUT2D eigenvalue weighted by Gasteiger charge is -2.32. The van der Waals surface area contributed by atoms with Crippen molar-refractivity contribution in [1.82, 2.24) is 10.2 Å². The Morgan fingerprint density at radius 2 is 2.00 bits per heavy atom. The lowest BCUT2D eigenvalue weighted by Crippen LogP contribution is -2.45. The normalized spacial score (nSPS) is 20.7. The number of hydrogen-bond acceptors (Lipinski definition) is 3. The van der Waals surface area contributed by atoms with Crippen LogP contribution in [-0.4, -0.2) is 44.3 Å². The molecule has 1 unspecified atom stereocenters. The average Bonchev–Trinajstić information content (AvgIpc) is 2.37. The Hall–Kier alpha value is -1.11. The molecule has 1 aromatic carbocycles. The SMILES string of the molecule is CNCC1CN(Cc2cc(F)c(F)cc2F)CCO1. The number of hydrogen-bond donors (Lipinski definition) is 1. The van der Waals surface area contributed by atoms with Crippen LogP contribution in [0.5, 0.6) is 0 Å². The molecule has 1 fully saturated rings. The van der Waals surface area contributed by atoms with Crippen molar-refractivity contribution in [3.05, 3.63) is 35.1 Å². The van der Waals surface area contributed by atoms with E-state index in [0.717, 1.165) is 6.07 Å². The van der Waals surface area contributed by atoms with Gasteiger partial charge >= 0.3 is 0 Å². The van der Waals surface area contributed by atoms with E-state index in [1.165, 1.54) is 0 Å². The number of likely N-dealkylation sites (N-methyl/N-ethyl adjacent to an activating group) is 1. The molecule has 1 heterocycles. The number of nitrogens with one attached hydrogen (secondary N) is 1. The predicted molar refractivity (Wildman–Crippen MR) is 65.3 cm³/mol. The van der Waals surface area contributed by atoms with Crippen LogP contribution in [0.4, 0.5) is 13.2 Å². The molecule has 2 rings (SSSR count). The summed E-state index contributed by atoms with van der Waals surface area (Å²) in [5, 5.41) is 3.01. The Bertz CT molecular complexity index is 440. The maximum Gasteiger partial charge on any atom is 0.161 e. The van der Waals surface area contributed by atoms with Crippen molar-refractivity contribution in [1.29, 1.82) is 0 Å². The van der Waals surface area contributed by atoms with Gasteiger partial charge in [-0.3, -0.25) is 4.90 Å². The van der Waals surface area contributed by atoms with E-state index in [1.807, 2.05) is 11.9 Å². The molecule has 106 valence electrons. The number of halogens is 3. The number of morpholine rings is 1. The third-order valence-electron chi connectivity index (χ3n) is 3.14. The summed E-state index contributed by atoms with van der Waals surface area (Å²) in [6.07, 6.45) is 0.0344. The van der Waals surface area contributed by atoms with Gasteiger partial charge in [-0.2, -0.15) is 0 Å². The molecule has 0 spiro atoms. The van der Waals surface area contributed by atoms with Gasteiger partial charge in [-0.1, -0.05) is 0 Å². The summed E-state index contributed by atoms with van der Waals surface area (Å²) in [6, 6.07) is 1.52. The molecule has 19 heavy (non-hydrogen) atoms. The van der Waals surface area contributed by atoms with E-state index in [1.54, 1.807) is 0 Å². The summed E-state index contributed by atoms with van der Waals surface area (Å²) < 4.78 is 45.0. The topological polar surface area (TPSA) is 24.5 Å². The lowest BCUT2D eigenvalue weighted by atomic mass is 10.1. The molecule has 0 amide bonds. The highest BCUT2D eigenvalue weighted by atomic mass is 19.2. The molecule has 0 aromatic heterocycles. The highest BCUT2D eigenvalue weighted by molar-refractivity contribution is 5.20. The molecule has 1 aromatic rings. The van der Waals surface area contributed by atoms with Gasteiger partial charge in [-0.25, -0.2) is 13.2 Å². The molecule has 6 heteroatoms. The Labute approximate surface area is 110 Å². The molecule has 0 radical (unpaired) electrons. The molecule has 3 nitrogen and oxygen atoms in total. The zero-order valence-corrected chi connectivity index (χ0v) is 10.8. The van der Waals surface area contributed by atoms with Crippen LogP contribution < -0.4 is 5.32 Å². The zero-order valence-electron chi connectivity index (χ0n) is 10.8. The summed E-state index contributed by atoms with van der Waals surface area (Å²) in [7, 11) is 1.83. The van der Waals surface area contributed by atoms with Crippen molar-refractivity contribution in [2.75, 3.05) is 33.3 Å². The van der Waals surface area contributed by atoms with Crippen LogP contribution in [0, 0.1) is 17.5 Å². The third-order valence-corrected chi connectivity index (χ3v) is 3.14. The minimum Gasteiger partial charge on any atom is -0.374 e. The van der Waals surface area contributed by atoms with E-state index in [2.05, 4.69) is 5.32 Å². The van der Waals surface area contributed by atoms with Crippen LogP contribution in [-0.2, 0) is 11.3 Å². The van der Waals surface area contributed by atoms with Crippen LogP contribution in [0.15, 0.2) is 12.1 Å². The van der Waals surface area contributed by atoms with Gasteiger partial charge in [0.05, 0.1) is 12.7 Å². The van der Waals surface area contributed by atoms with Crippen molar-refractivity contribution in [2.45, 2.75) is 12.6 Å². The fraction of sp³-hybridized carbons (Fsp3) is 0.538. The first-order valence-electron chi connectivity index (χ1n) is 6.22. The van der Waals surface area contributed by atoms with Crippen molar-refractivity contribution in [3.8, 4) is 0 Å². The second-order valence-corrected chi connectivity index (χ2v) is 4.64. The summed E-state index contributed by atoms with van der Waals surface area (Å²) in [5.41, 5.74) is 0.170. The molecule has 0 aliphatic carbocycles. The predicted octanol–water partition coefficient (Wildman–Crippen LogP) is 1.52. The average molecular weight is 274 g/mol.